The summed E-state index contributed by atoms with van der Waals surface area (Å²) in [5.41, 5.74) is 0. The number of oxime groups is 1. The van der Waals surface area contributed by atoms with Gasteiger partial charge in [0.15, 0.2) is 0 Å². The van der Waals surface area contributed by atoms with Gasteiger partial charge in [-0.15, -0.1) is 11.8 Å². The second-order valence-corrected chi connectivity index (χ2v) is 4.94. The average molecular weight is 217 g/mol. The van der Waals surface area contributed by atoms with Crippen LogP contribution in [0, 0.1) is 5.92 Å². The lowest BCUT2D eigenvalue weighted by Gasteiger charge is -2.46. The number of nitrogens with zero attached hydrogens (tertiary/aromatic N) is 1. The summed E-state index contributed by atoms with van der Waals surface area (Å²) in [6.45, 7) is 0. The van der Waals surface area contributed by atoms with Crippen LogP contribution in [0.3, 0.4) is 0 Å². The molecule has 1 aliphatic carbocycles. The SMILES string of the molecule is COC1C2CCC(/C(=N\O)S2)C1OC. The topological polar surface area (TPSA) is 51.0 Å². The smallest absolute Gasteiger partial charge is 0.119 e. The van der Waals surface area contributed by atoms with Gasteiger partial charge in [-0.1, -0.05) is 5.16 Å². The molecule has 0 radical (unpaired) electrons. The Morgan fingerprint density at radius 3 is 2.57 bits per heavy atom. The molecular weight excluding hydrogens is 202 g/mol. The maximum atomic E-state index is 8.86. The summed E-state index contributed by atoms with van der Waals surface area (Å²) in [6, 6.07) is 0. The van der Waals surface area contributed by atoms with Gasteiger partial charge in [0.1, 0.15) is 5.04 Å². The van der Waals surface area contributed by atoms with Crippen LogP contribution in [-0.2, 0) is 9.47 Å². The van der Waals surface area contributed by atoms with Crippen molar-refractivity contribution < 1.29 is 14.7 Å². The first kappa shape index (κ1) is 10.3. The minimum Gasteiger partial charge on any atom is -0.410 e. The quantitative estimate of drug-likeness (QED) is 0.560. The van der Waals surface area contributed by atoms with Gasteiger partial charge in [-0.25, -0.2) is 0 Å². The molecule has 80 valence electrons. The molecule has 0 amide bonds. The molecule has 4 nitrogen and oxygen atoms in total. The molecule has 1 N–H and O–H groups in total. The number of hydrogen-bond acceptors (Lipinski definition) is 5. The predicted molar refractivity (Wildman–Crippen MR) is 54.9 cm³/mol. The van der Waals surface area contributed by atoms with Crippen LogP contribution in [0.4, 0.5) is 0 Å². The molecular formula is C9H15NO3S. The first-order chi connectivity index (χ1) is 6.81. The van der Waals surface area contributed by atoms with E-state index < -0.39 is 0 Å². The lowest BCUT2D eigenvalue weighted by molar-refractivity contribution is -0.0709. The Morgan fingerprint density at radius 2 is 2.00 bits per heavy atom. The van der Waals surface area contributed by atoms with Gasteiger partial charge in [0, 0.05) is 25.4 Å². The van der Waals surface area contributed by atoms with E-state index in [2.05, 4.69) is 5.16 Å². The third-order valence-corrected chi connectivity index (χ3v) is 4.51. The first-order valence-corrected chi connectivity index (χ1v) is 5.64. The fourth-order valence-corrected chi connectivity index (χ4v) is 3.87. The van der Waals surface area contributed by atoms with Crippen LogP contribution in [0.25, 0.3) is 0 Å². The van der Waals surface area contributed by atoms with Crippen molar-refractivity contribution in [2.45, 2.75) is 30.3 Å². The van der Waals surface area contributed by atoms with Gasteiger partial charge in [-0.05, 0) is 12.8 Å². The Labute approximate surface area is 87.6 Å². The summed E-state index contributed by atoms with van der Waals surface area (Å²) in [6.07, 6.45) is 2.34. The molecule has 2 saturated heterocycles. The molecule has 14 heavy (non-hydrogen) atoms. The summed E-state index contributed by atoms with van der Waals surface area (Å²) in [4.78, 5) is 0. The maximum absolute atomic E-state index is 8.86. The molecule has 3 aliphatic rings. The van der Waals surface area contributed by atoms with Crippen LogP contribution in [0.15, 0.2) is 5.16 Å². The number of fused-ring (bicyclic) bond motifs is 3. The third-order valence-electron chi connectivity index (χ3n) is 3.08. The highest BCUT2D eigenvalue weighted by molar-refractivity contribution is 8.14. The van der Waals surface area contributed by atoms with Crippen LogP contribution in [0.2, 0.25) is 0 Å². The molecule has 3 fully saturated rings. The zero-order valence-electron chi connectivity index (χ0n) is 8.34. The van der Waals surface area contributed by atoms with Gasteiger partial charge in [0.05, 0.1) is 12.2 Å². The minimum atomic E-state index is 0.0471. The van der Waals surface area contributed by atoms with Gasteiger partial charge < -0.3 is 14.7 Å². The van der Waals surface area contributed by atoms with Crippen LogP contribution in [-0.4, -0.2) is 41.9 Å². The fourth-order valence-electron chi connectivity index (χ4n) is 2.43. The van der Waals surface area contributed by atoms with E-state index >= 15 is 0 Å². The van der Waals surface area contributed by atoms with Crippen molar-refractivity contribution in [1.29, 1.82) is 0 Å². The number of hydrogen-bond donors (Lipinski definition) is 1. The number of methoxy groups -OCH3 is 2. The highest BCUT2D eigenvalue weighted by atomic mass is 32.2. The Bertz CT molecular complexity index is 246. The molecule has 4 atom stereocenters. The van der Waals surface area contributed by atoms with Crippen molar-refractivity contribution in [2.24, 2.45) is 11.1 Å². The molecule has 3 rings (SSSR count). The van der Waals surface area contributed by atoms with E-state index in [-0.39, 0.29) is 18.1 Å². The Hall–Kier alpha value is -0.260. The summed E-state index contributed by atoms with van der Waals surface area (Å²) >= 11 is 1.63. The van der Waals surface area contributed by atoms with Crippen LogP contribution < -0.4 is 0 Å². The van der Waals surface area contributed by atoms with Crippen LogP contribution in [0.5, 0.6) is 0 Å². The molecule has 0 spiro atoms. The van der Waals surface area contributed by atoms with E-state index in [1.807, 2.05) is 0 Å². The number of ether oxygens (including phenoxy) is 2. The van der Waals surface area contributed by atoms with Gasteiger partial charge >= 0.3 is 0 Å². The standard InChI is InChI=1S/C9H15NO3S/c1-12-7-5-3-4-6(8(7)13-2)14-9(5)10-11/h5-8,11H,3-4H2,1-2H3/b10-9+. The van der Waals surface area contributed by atoms with Gasteiger partial charge in [-0.2, -0.15) is 0 Å². The molecule has 5 heteroatoms. The van der Waals surface area contributed by atoms with Crippen molar-refractivity contribution in [3.8, 4) is 0 Å². The van der Waals surface area contributed by atoms with E-state index in [1.165, 1.54) is 0 Å². The third kappa shape index (κ3) is 1.43. The lowest BCUT2D eigenvalue weighted by atomic mass is 9.83. The van der Waals surface area contributed by atoms with E-state index in [0.29, 0.717) is 5.25 Å². The summed E-state index contributed by atoms with van der Waals surface area (Å²) in [5, 5.41) is 13.4. The molecule has 2 heterocycles. The summed E-state index contributed by atoms with van der Waals surface area (Å²) in [5.74, 6) is 0.213. The number of thioether (sulfide) groups is 1. The highest BCUT2D eigenvalue weighted by Gasteiger charge is 2.48. The molecule has 1 saturated carbocycles. The molecule has 2 aliphatic heterocycles. The fraction of sp³-hybridized carbons (Fsp3) is 0.889. The van der Waals surface area contributed by atoms with Crippen molar-refractivity contribution in [1.82, 2.24) is 0 Å². The van der Waals surface area contributed by atoms with Gasteiger partial charge in [0.2, 0.25) is 0 Å². The maximum Gasteiger partial charge on any atom is 0.119 e. The largest absolute Gasteiger partial charge is 0.410 e. The second-order valence-electron chi connectivity index (χ2n) is 3.68. The zero-order chi connectivity index (χ0) is 10.1. The van der Waals surface area contributed by atoms with Crippen molar-refractivity contribution in [2.75, 3.05) is 14.2 Å². The lowest BCUT2D eigenvalue weighted by Crippen LogP contribution is -2.54. The van der Waals surface area contributed by atoms with Crippen molar-refractivity contribution in [3.63, 3.8) is 0 Å². The average Bonchev–Trinajstić information content (AvgIpc) is 2.27. The van der Waals surface area contributed by atoms with Crippen molar-refractivity contribution in [3.05, 3.63) is 0 Å². The first-order valence-electron chi connectivity index (χ1n) is 4.76. The Kier molecular flexibility index (Phi) is 2.99. The second kappa shape index (κ2) is 4.08. The van der Waals surface area contributed by atoms with E-state index in [4.69, 9.17) is 14.7 Å². The number of rotatable bonds is 2. The van der Waals surface area contributed by atoms with Gasteiger partial charge in [0.25, 0.3) is 0 Å². The Balaban J connectivity index is 2.22. The monoisotopic (exact) mass is 217 g/mol. The van der Waals surface area contributed by atoms with Crippen LogP contribution in [0.1, 0.15) is 12.8 Å². The predicted octanol–water partition coefficient (Wildman–Crippen LogP) is 1.33. The van der Waals surface area contributed by atoms with E-state index in [0.717, 1.165) is 17.9 Å². The zero-order valence-corrected chi connectivity index (χ0v) is 9.16. The molecule has 0 aromatic rings. The Morgan fingerprint density at radius 1 is 1.29 bits per heavy atom. The summed E-state index contributed by atoms with van der Waals surface area (Å²) in [7, 11) is 3.41. The van der Waals surface area contributed by atoms with E-state index in [9.17, 15) is 0 Å². The van der Waals surface area contributed by atoms with Crippen LogP contribution >= 0.6 is 11.8 Å². The minimum absolute atomic E-state index is 0.0471. The summed E-state index contributed by atoms with van der Waals surface area (Å²) < 4.78 is 10.9. The molecule has 0 aromatic carbocycles. The highest BCUT2D eigenvalue weighted by Crippen LogP contribution is 2.45. The van der Waals surface area contributed by atoms with E-state index in [1.54, 1.807) is 26.0 Å². The van der Waals surface area contributed by atoms with Gasteiger partial charge in [-0.3, -0.25) is 0 Å². The molecule has 0 aromatic heterocycles. The van der Waals surface area contributed by atoms with Crippen molar-refractivity contribution >= 4 is 16.8 Å². The molecule has 2 bridgehead atoms. The molecule has 4 unspecified atom stereocenters. The normalized spacial score (nSPS) is 44.6.